The van der Waals surface area contributed by atoms with Crippen molar-refractivity contribution >= 4 is 44.9 Å². The predicted octanol–water partition coefficient (Wildman–Crippen LogP) is 18.4. The average Bonchev–Trinajstić information content (AvgIpc) is 3.27. The summed E-state index contributed by atoms with van der Waals surface area (Å²) < 4.78 is 0. The Morgan fingerprint density at radius 1 is 0.317 bits per heavy atom. The van der Waals surface area contributed by atoms with Gasteiger partial charge in [-0.15, -0.1) is 0 Å². The molecule has 0 bridgehead atoms. The van der Waals surface area contributed by atoms with Crippen molar-refractivity contribution in [1.82, 2.24) is 0 Å². The van der Waals surface area contributed by atoms with E-state index in [-0.39, 0.29) is 0 Å². The highest BCUT2D eigenvalue weighted by atomic mass is 15.1. The highest BCUT2D eigenvalue weighted by molar-refractivity contribution is 5.98. The van der Waals surface area contributed by atoms with Gasteiger partial charge in [-0.2, -0.15) is 0 Å². The van der Waals surface area contributed by atoms with E-state index < -0.39 is 0 Å². The van der Waals surface area contributed by atoms with Crippen LogP contribution in [0.15, 0.2) is 121 Å². The maximum absolute atomic E-state index is 2.61. The average molecular weight is 795 g/mol. The Morgan fingerprint density at radius 2 is 0.567 bits per heavy atom. The van der Waals surface area contributed by atoms with Gasteiger partial charge in [0.2, 0.25) is 0 Å². The van der Waals surface area contributed by atoms with Crippen LogP contribution in [0.2, 0.25) is 0 Å². The molecule has 2 saturated carbocycles. The third kappa shape index (κ3) is 8.95. The van der Waals surface area contributed by atoms with E-state index in [2.05, 4.69) is 187 Å². The minimum Gasteiger partial charge on any atom is -0.310 e. The molecule has 0 saturated heterocycles. The van der Waals surface area contributed by atoms with Crippen LogP contribution in [-0.4, -0.2) is 0 Å². The van der Waals surface area contributed by atoms with E-state index >= 15 is 0 Å². The number of benzene rings is 6. The van der Waals surface area contributed by atoms with E-state index in [1.165, 1.54) is 142 Å². The van der Waals surface area contributed by atoms with Crippen LogP contribution in [0.25, 0.3) is 10.8 Å². The molecule has 6 aromatic rings. The summed E-state index contributed by atoms with van der Waals surface area (Å²) in [5, 5.41) is 2.91. The molecule has 0 radical (unpaired) electrons. The van der Waals surface area contributed by atoms with E-state index in [9.17, 15) is 0 Å². The van der Waals surface area contributed by atoms with E-state index in [0.717, 1.165) is 0 Å². The zero-order valence-corrected chi connectivity index (χ0v) is 38.0. The Morgan fingerprint density at radius 3 is 0.800 bits per heavy atom. The normalized spacial score (nSPS) is 15.5. The lowest BCUT2D eigenvalue weighted by molar-refractivity contribution is 0.444. The summed E-state index contributed by atoms with van der Waals surface area (Å²) in [6.45, 7) is 18.3. The van der Waals surface area contributed by atoms with Gasteiger partial charge in [-0.25, -0.2) is 0 Å². The van der Waals surface area contributed by atoms with Crippen molar-refractivity contribution in [2.75, 3.05) is 9.80 Å². The lowest BCUT2D eigenvalue weighted by Crippen LogP contribution is -2.15. The maximum atomic E-state index is 2.61. The van der Waals surface area contributed by atoms with Crippen LogP contribution >= 0.6 is 0 Å². The Hall–Kier alpha value is -4.82. The molecular formula is C58H70N2. The molecule has 0 aromatic heterocycles. The molecule has 2 nitrogen and oxygen atoms in total. The van der Waals surface area contributed by atoms with Crippen molar-refractivity contribution in [3.05, 3.63) is 155 Å². The lowest BCUT2D eigenvalue weighted by atomic mass is 9.78. The largest absolute Gasteiger partial charge is 0.310 e. The van der Waals surface area contributed by atoms with E-state index in [1.807, 2.05) is 0 Å². The molecule has 0 amide bonds. The van der Waals surface area contributed by atoms with Crippen molar-refractivity contribution in [3.8, 4) is 0 Å². The van der Waals surface area contributed by atoms with Gasteiger partial charge >= 0.3 is 0 Å². The quantitative estimate of drug-likeness (QED) is 0.122. The fourth-order valence-electron chi connectivity index (χ4n) is 10.2. The van der Waals surface area contributed by atoms with Gasteiger partial charge in [0.1, 0.15) is 0 Å². The molecule has 8 rings (SSSR count). The van der Waals surface area contributed by atoms with Gasteiger partial charge in [0.05, 0.1) is 0 Å². The number of anilines is 6. The summed E-state index contributed by atoms with van der Waals surface area (Å²) in [6, 6.07) is 48.0. The Kier molecular flexibility index (Phi) is 12.9. The number of hydrogen-bond acceptors (Lipinski definition) is 2. The van der Waals surface area contributed by atoms with Gasteiger partial charge in [-0.05, 0) is 178 Å². The van der Waals surface area contributed by atoms with Crippen LogP contribution in [0.5, 0.6) is 0 Å². The summed E-state index contributed by atoms with van der Waals surface area (Å²) in [6.07, 6.45) is 12.9. The van der Waals surface area contributed by atoms with Gasteiger partial charge in [0.15, 0.2) is 0 Å². The first-order valence-electron chi connectivity index (χ1n) is 23.7. The maximum Gasteiger partial charge on any atom is 0.0470 e. The summed E-state index contributed by atoms with van der Waals surface area (Å²) in [7, 11) is 0. The Balaban J connectivity index is 1.39. The van der Waals surface area contributed by atoms with Crippen molar-refractivity contribution in [3.63, 3.8) is 0 Å². The number of fused-ring (bicyclic) bond motifs is 1. The van der Waals surface area contributed by atoms with Gasteiger partial charge in [0, 0.05) is 34.1 Å². The SMILES string of the molecule is CC(C)c1ccc(N(c2ccc(C(C)C)cc2)c2cc(C3CCCCC3)c3cc(N(c4ccc(C(C)C)cc4)c4ccc(C(C)C)cc4)cc(C4CCCCC4)c3c2)cc1. The second kappa shape index (κ2) is 18.4. The van der Waals surface area contributed by atoms with Crippen LogP contribution in [0, 0.1) is 0 Å². The van der Waals surface area contributed by atoms with Crippen LogP contribution in [0.4, 0.5) is 34.1 Å². The minimum atomic E-state index is 0.490. The molecule has 6 aromatic carbocycles. The first-order valence-corrected chi connectivity index (χ1v) is 23.7. The lowest BCUT2D eigenvalue weighted by Gasteiger charge is -2.33. The second-order valence-corrected chi connectivity index (χ2v) is 19.5. The third-order valence-electron chi connectivity index (χ3n) is 14.0. The molecule has 0 atom stereocenters. The number of rotatable bonds is 12. The number of nitrogens with zero attached hydrogens (tertiary/aromatic N) is 2. The molecule has 312 valence electrons. The standard InChI is InChI=1S/C58H70N2/c1-39(2)43-19-27-49(28-20-43)59(50-29-21-44(22-30-50)40(3)4)53-35-55(47-15-11-9-12-16-47)58-38-54(36-56(57(58)37-53)48-17-13-10-14-18-48)60(51-31-23-45(24-32-51)41(5)6)52-33-25-46(26-34-52)42(7)8/h19-42,47-48H,9-18H2,1-8H3. The van der Waals surface area contributed by atoms with Gasteiger partial charge in [-0.1, -0.05) is 142 Å². The monoisotopic (exact) mass is 795 g/mol. The molecule has 60 heavy (non-hydrogen) atoms. The predicted molar refractivity (Wildman–Crippen MR) is 261 cm³/mol. The van der Waals surface area contributed by atoms with Crippen molar-refractivity contribution in [2.24, 2.45) is 0 Å². The summed E-state index contributed by atoms with van der Waals surface area (Å²) in [4.78, 5) is 5.11. The molecule has 0 N–H and O–H groups in total. The van der Waals surface area contributed by atoms with Gasteiger partial charge in [0.25, 0.3) is 0 Å². The zero-order chi connectivity index (χ0) is 41.9. The van der Waals surface area contributed by atoms with Gasteiger partial charge in [-0.3, -0.25) is 0 Å². The van der Waals surface area contributed by atoms with E-state index in [1.54, 1.807) is 0 Å². The minimum absolute atomic E-state index is 0.490. The van der Waals surface area contributed by atoms with Crippen LogP contribution < -0.4 is 9.80 Å². The van der Waals surface area contributed by atoms with Gasteiger partial charge < -0.3 is 9.80 Å². The first-order chi connectivity index (χ1) is 29.0. The Bertz CT molecular complexity index is 2040. The first kappa shape index (κ1) is 41.9. The molecule has 2 heteroatoms. The van der Waals surface area contributed by atoms with E-state index in [0.29, 0.717) is 35.5 Å². The molecule has 2 fully saturated rings. The smallest absolute Gasteiger partial charge is 0.0470 e. The highest BCUT2D eigenvalue weighted by Crippen LogP contribution is 2.49. The van der Waals surface area contributed by atoms with Crippen molar-refractivity contribution in [2.45, 2.75) is 155 Å². The van der Waals surface area contributed by atoms with Crippen LogP contribution in [0.1, 0.15) is 188 Å². The molecule has 2 aliphatic carbocycles. The molecule has 0 heterocycles. The fourth-order valence-corrected chi connectivity index (χ4v) is 10.2. The summed E-state index contributed by atoms with van der Waals surface area (Å²) in [5.74, 6) is 3.03. The van der Waals surface area contributed by atoms with Crippen LogP contribution in [0.3, 0.4) is 0 Å². The molecule has 0 spiro atoms. The van der Waals surface area contributed by atoms with Crippen molar-refractivity contribution in [1.29, 1.82) is 0 Å². The molecule has 0 aliphatic heterocycles. The van der Waals surface area contributed by atoms with E-state index in [4.69, 9.17) is 0 Å². The highest BCUT2D eigenvalue weighted by Gasteiger charge is 2.27. The Labute approximate surface area is 363 Å². The molecular weight excluding hydrogens is 725 g/mol. The third-order valence-corrected chi connectivity index (χ3v) is 14.0. The van der Waals surface area contributed by atoms with Crippen molar-refractivity contribution < 1.29 is 0 Å². The fraction of sp³-hybridized carbons (Fsp3) is 0.414. The molecule has 0 unspecified atom stereocenters. The topological polar surface area (TPSA) is 6.48 Å². The number of hydrogen-bond donors (Lipinski definition) is 0. The zero-order valence-electron chi connectivity index (χ0n) is 38.0. The van der Waals surface area contributed by atoms with Crippen LogP contribution in [-0.2, 0) is 0 Å². The summed E-state index contributed by atoms with van der Waals surface area (Å²) >= 11 is 0. The second-order valence-electron chi connectivity index (χ2n) is 19.5. The summed E-state index contributed by atoms with van der Waals surface area (Å²) in [5.41, 5.74) is 16.1. The molecule has 2 aliphatic rings.